The highest BCUT2D eigenvalue weighted by atomic mass is 16.6. The number of carbonyl (C=O) groups is 3. The molecule has 0 heterocycles. The summed E-state index contributed by atoms with van der Waals surface area (Å²) in [5.74, 6) is -0.851. The smallest absolute Gasteiger partial charge is 0.309 e. The predicted octanol–water partition coefficient (Wildman–Crippen LogP) is 5.89. The van der Waals surface area contributed by atoms with E-state index < -0.39 is 11.0 Å². The molecule has 0 saturated heterocycles. The Morgan fingerprint density at radius 1 is 1.08 bits per heavy atom. The molecule has 36 heavy (non-hydrogen) atoms. The van der Waals surface area contributed by atoms with Crippen molar-refractivity contribution in [3.05, 3.63) is 48.6 Å². The molecule has 1 N–H and O–H groups in total. The number of amides is 1. The van der Waals surface area contributed by atoms with Crippen LogP contribution in [-0.4, -0.2) is 29.5 Å². The number of nitrogens with one attached hydrogen (secondary N) is 1. The third-order valence-corrected chi connectivity index (χ3v) is 7.49. The number of carbonyl (C=O) groups excluding carboxylic acids is 3. The molecule has 6 nitrogen and oxygen atoms in total. The maximum atomic E-state index is 13.6. The number of hydrogen-bond acceptors (Lipinski definition) is 5. The molecule has 6 heteroatoms. The minimum atomic E-state index is -0.567. The zero-order chi connectivity index (χ0) is 26.2. The molecule has 2 aliphatic rings. The number of hydrogen-bond donors (Lipinski definition) is 1. The van der Waals surface area contributed by atoms with E-state index in [2.05, 4.69) is 11.9 Å². The van der Waals surface area contributed by atoms with Crippen LogP contribution in [0.15, 0.2) is 43.0 Å². The number of benzene rings is 1. The minimum absolute atomic E-state index is 0.0486. The first kappa shape index (κ1) is 27.9. The fourth-order valence-electron chi connectivity index (χ4n) is 5.55. The molecular formula is C30H43NO5. The second-order valence-corrected chi connectivity index (χ2v) is 11.6. The van der Waals surface area contributed by atoms with E-state index >= 15 is 0 Å². The summed E-state index contributed by atoms with van der Waals surface area (Å²) in [6.45, 7) is 9.70. The van der Waals surface area contributed by atoms with Gasteiger partial charge in [0.15, 0.2) is 0 Å². The zero-order valence-corrected chi connectivity index (χ0v) is 22.2. The molecule has 2 aliphatic carbocycles. The molecule has 198 valence electrons. The van der Waals surface area contributed by atoms with Crippen LogP contribution >= 0.6 is 0 Å². The standard InChI is InChI=1S/C30H43NO5/c1-5-11-24(27(33)36-29(2,3)4)20-30(18-9-10-19-30)28(34)31-25-16-14-23(15-17-25)26(32)35-21-22-12-7-6-8-13-22/h5-8,12-13,23-25H,1,9-11,14-21H2,2-4H3,(H,31,34). The van der Waals surface area contributed by atoms with E-state index in [4.69, 9.17) is 9.47 Å². The van der Waals surface area contributed by atoms with Crippen molar-refractivity contribution in [3.63, 3.8) is 0 Å². The normalized spacial score (nSPS) is 22.3. The van der Waals surface area contributed by atoms with Crippen LogP contribution in [0.25, 0.3) is 0 Å². The SMILES string of the molecule is C=CCC(CC1(C(=O)NC2CCC(C(=O)OCc3ccccc3)CC2)CCCC1)C(=O)OC(C)(C)C. The first-order valence-corrected chi connectivity index (χ1v) is 13.5. The molecule has 1 amide bonds. The molecule has 2 saturated carbocycles. The zero-order valence-electron chi connectivity index (χ0n) is 22.2. The fourth-order valence-corrected chi connectivity index (χ4v) is 5.55. The highest BCUT2D eigenvalue weighted by Crippen LogP contribution is 2.45. The summed E-state index contributed by atoms with van der Waals surface area (Å²) in [4.78, 5) is 39.0. The van der Waals surface area contributed by atoms with Crippen LogP contribution in [0.3, 0.4) is 0 Å². The Morgan fingerprint density at radius 3 is 2.31 bits per heavy atom. The predicted molar refractivity (Wildman–Crippen MR) is 140 cm³/mol. The lowest BCUT2D eigenvalue weighted by atomic mass is 9.75. The molecule has 1 aromatic carbocycles. The van der Waals surface area contributed by atoms with Crippen molar-refractivity contribution in [1.82, 2.24) is 5.32 Å². The van der Waals surface area contributed by atoms with Crippen LogP contribution in [0, 0.1) is 17.3 Å². The Kier molecular flexibility index (Phi) is 9.75. The van der Waals surface area contributed by atoms with Gasteiger partial charge in [0.05, 0.1) is 17.3 Å². The Balaban J connectivity index is 1.53. The van der Waals surface area contributed by atoms with E-state index in [0.29, 0.717) is 32.3 Å². The van der Waals surface area contributed by atoms with Gasteiger partial charge in [-0.15, -0.1) is 6.58 Å². The molecule has 0 aliphatic heterocycles. The van der Waals surface area contributed by atoms with Crippen LogP contribution < -0.4 is 5.32 Å². The number of allylic oxidation sites excluding steroid dienone is 1. The highest BCUT2D eigenvalue weighted by Gasteiger charge is 2.45. The first-order chi connectivity index (χ1) is 17.1. The van der Waals surface area contributed by atoms with Crippen molar-refractivity contribution in [2.75, 3.05) is 0 Å². The lowest BCUT2D eigenvalue weighted by Gasteiger charge is -2.35. The fraction of sp³-hybridized carbons (Fsp3) is 0.633. The number of ether oxygens (including phenoxy) is 2. The lowest BCUT2D eigenvalue weighted by Crippen LogP contribution is -2.47. The third kappa shape index (κ3) is 7.94. The summed E-state index contributed by atoms with van der Waals surface area (Å²) < 4.78 is 11.2. The van der Waals surface area contributed by atoms with Crippen LogP contribution in [-0.2, 0) is 30.5 Å². The Bertz CT molecular complexity index is 890. The molecule has 1 atom stereocenters. The highest BCUT2D eigenvalue weighted by molar-refractivity contribution is 5.84. The average molecular weight is 498 g/mol. The van der Waals surface area contributed by atoms with Crippen LogP contribution in [0.2, 0.25) is 0 Å². The summed E-state index contributed by atoms with van der Waals surface area (Å²) in [6.07, 6.45) is 9.22. The summed E-state index contributed by atoms with van der Waals surface area (Å²) in [5.41, 5.74) is -0.131. The summed E-state index contributed by atoms with van der Waals surface area (Å²) >= 11 is 0. The van der Waals surface area contributed by atoms with E-state index in [-0.39, 0.29) is 35.7 Å². The Labute approximate surface area is 216 Å². The van der Waals surface area contributed by atoms with Gasteiger partial charge in [0, 0.05) is 6.04 Å². The van der Waals surface area contributed by atoms with Crippen LogP contribution in [0.5, 0.6) is 0 Å². The van der Waals surface area contributed by atoms with E-state index in [1.807, 2.05) is 51.1 Å². The van der Waals surface area contributed by atoms with Gasteiger partial charge >= 0.3 is 11.9 Å². The molecule has 1 unspecified atom stereocenters. The largest absolute Gasteiger partial charge is 0.461 e. The van der Waals surface area contributed by atoms with Crippen molar-refractivity contribution in [3.8, 4) is 0 Å². The number of esters is 2. The molecular weight excluding hydrogens is 454 g/mol. The van der Waals surface area contributed by atoms with Gasteiger partial charge in [-0.1, -0.05) is 49.2 Å². The van der Waals surface area contributed by atoms with Crippen molar-refractivity contribution in [2.24, 2.45) is 17.3 Å². The van der Waals surface area contributed by atoms with E-state index in [1.54, 1.807) is 6.08 Å². The Hall–Kier alpha value is -2.63. The van der Waals surface area contributed by atoms with Crippen LogP contribution in [0.4, 0.5) is 0 Å². The van der Waals surface area contributed by atoms with Crippen molar-refractivity contribution < 1.29 is 23.9 Å². The minimum Gasteiger partial charge on any atom is -0.461 e. The maximum Gasteiger partial charge on any atom is 0.309 e. The molecule has 0 aromatic heterocycles. The summed E-state index contributed by atoms with van der Waals surface area (Å²) in [5, 5.41) is 3.28. The van der Waals surface area contributed by atoms with Gasteiger partial charge in [0.1, 0.15) is 12.2 Å². The molecule has 0 spiro atoms. The average Bonchev–Trinajstić information content (AvgIpc) is 3.32. The van der Waals surface area contributed by atoms with Crippen molar-refractivity contribution >= 4 is 17.8 Å². The topological polar surface area (TPSA) is 81.7 Å². The van der Waals surface area contributed by atoms with E-state index in [1.165, 1.54) is 0 Å². The van der Waals surface area contributed by atoms with Gasteiger partial charge in [-0.25, -0.2) is 0 Å². The van der Waals surface area contributed by atoms with Crippen molar-refractivity contribution in [1.29, 1.82) is 0 Å². The summed E-state index contributed by atoms with van der Waals surface area (Å²) in [6, 6.07) is 9.74. The van der Waals surface area contributed by atoms with Gasteiger partial charge in [-0.3, -0.25) is 14.4 Å². The van der Waals surface area contributed by atoms with Gasteiger partial charge < -0.3 is 14.8 Å². The van der Waals surface area contributed by atoms with Gasteiger partial charge in [-0.05, 0) is 77.7 Å². The molecule has 1 aromatic rings. The Morgan fingerprint density at radius 2 is 1.72 bits per heavy atom. The van der Waals surface area contributed by atoms with Crippen LogP contribution in [0.1, 0.15) is 90.5 Å². The van der Waals surface area contributed by atoms with E-state index in [9.17, 15) is 14.4 Å². The molecule has 0 radical (unpaired) electrons. The maximum absolute atomic E-state index is 13.6. The molecule has 2 fully saturated rings. The quantitative estimate of drug-likeness (QED) is 0.322. The van der Waals surface area contributed by atoms with Gasteiger partial charge in [0.25, 0.3) is 0 Å². The van der Waals surface area contributed by atoms with E-state index in [0.717, 1.165) is 44.1 Å². The lowest BCUT2D eigenvalue weighted by molar-refractivity contribution is -0.161. The second-order valence-electron chi connectivity index (χ2n) is 11.6. The third-order valence-electron chi connectivity index (χ3n) is 7.49. The van der Waals surface area contributed by atoms with Gasteiger partial charge in [-0.2, -0.15) is 0 Å². The summed E-state index contributed by atoms with van der Waals surface area (Å²) in [7, 11) is 0. The monoisotopic (exact) mass is 497 g/mol. The first-order valence-electron chi connectivity index (χ1n) is 13.5. The molecule has 3 rings (SSSR count). The second kappa shape index (κ2) is 12.6. The van der Waals surface area contributed by atoms with Crippen molar-refractivity contribution in [2.45, 2.75) is 103 Å². The molecule has 0 bridgehead atoms. The van der Waals surface area contributed by atoms with Gasteiger partial charge in [0.2, 0.25) is 5.91 Å². The number of rotatable bonds is 10.